The van der Waals surface area contributed by atoms with E-state index in [4.69, 9.17) is 4.74 Å². The van der Waals surface area contributed by atoms with Crippen molar-refractivity contribution in [2.45, 2.75) is 46.1 Å². The molecule has 11 heavy (non-hydrogen) atoms. The van der Waals surface area contributed by atoms with E-state index in [-0.39, 0.29) is 11.9 Å². The van der Waals surface area contributed by atoms with Crippen LogP contribution in [-0.4, -0.2) is 18.5 Å². The molecule has 0 N–H and O–H groups in total. The number of Topliss-reactive ketones (excluding diaryl/α,β-unsaturated/α-hetero) is 1. The highest BCUT2D eigenvalue weighted by atomic mass is 16.5. The first-order chi connectivity index (χ1) is 5.18. The van der Waals surface area contributed by atoms with Gasteiger partial charge in [0, 0.05) is 6.61 Å². The molecule has 0 heterocycles. The van der Waals surface area contributed by atoms with Crippen molar-refractivity contribution in [3.8, 4) is 0 Å². The zero-order valence-electron chi connectivity index (χ0n) is 7.72. The smallest absolute Gasteiger partial charge is 0.158 e. The second-order valence-electron chi connectivity index (χ2n) is 2.83. The molecule has 0 spiro atoms. The maximum atomic E-state index is 10.7. The molecule has 1 unspecified atom stereocenters. The number of ether oxygens (including phenoxy) is 1. The van der Waals surface area contributed by atoms with E-state index >= 15 is 0 Å². The number of hydrogen-bond acceptors (Lipinski definition) is 2. The molecule has 66 valence electrons. The average molecular weight is 158 g/mol. The van der Waals surface area contributed by atoms with Gasteiger partial charge in [-0.2, -0.15) is 0 Å². The second kappa shape index (κ2) is 6.35. The fourth-order valence-electron chi connectivity index (χ4n) is 0.730. The highest BCUT2D eigenvalue weighted by Crippen LogP contribution is 1.98. The number of ketones is 1. The molecule has 0 fully saturated rings. The quantitative estimate of drug-likeness (QED) is 0.554. The molecule has 0 aliphatic carbocycles. The predicted octanol–water partition coefficient (Wildman–Crippen LogP) is 2.17. The lowest BCUT2D eigenvalue weighted by atomic mass is 10.2. The minimum Gasteiger partial charge on any atom is -0.371 e. The van der Waals surface area contributed by atoms with Crippen molar-refractivity contribution in [3.63, 3.8) is 0 Å². The molecule has 2 nitrogen and oxygen atoms in total. The summed E-state index contributed by atoms with van der Waals surface area (Å²) in [5.74, 6) is 0.112. The van der Waals surface area contributed by atoms with E-state index in [0.29, 0.717) is 6.61 Å². The van der Waals surface area contributed by atoms with Crippen LogP contribution in [0.1, 0.15) is 40.0 Å². The SMILES string of the molecule is CCCCCOC(C)C(C)=O. The van der Waals surface area contributed by atoms with Gasteiger partial charge in [-0.05, 0) is 20.3 Å². The molecule has 0 rings (SSSR count). The van der Waals surface area contributed by atoms with Crippen LogP contribution in [0, 0.1) is 0 Å². The molecule has 1 atom stereocenters. The van der Waals surface area contributed by atoms with Gasteiger partial charge in [0.25, 0.3) is 0 Å². The van der Waals surface area contributed by atoms with Crippen LogP contribution >= 0.6 is 0 Å². The topological polar surface area (TPSA) is 26.3 Å². The largest absolute Gasteiger partial charge is 0.371 e. The summed E-state index contributed by atoms with van der Waals surface area (Å²) in [6, 6.07) is 0. The summed E-state index contributed by atoms with van der Waals surface area (Å²) in [5, 5.41) is 0. The third kappa shape index (κ3) is 6.05. The summed E-state index contributed by atoms with van der Waals surface area (Å²) in [6.45, 7) is 6.22. The molecule has 0 radical (unpaired) electrons. The zero-order chi connectivity index (χ0) is 8.69. The third-order valence-electron chi connectivity index (χ3n) is 1.69. The van der Waals surface area contributed by atoms with Gasteiger partial charge in [0.2, 0.25) is 0 Å². The van der Waals surface area contributed by atoms with E-state index in [9.17, 15) is 4.79 Å². The fraction of sp³-hybridized carbons (Fsp3) is 0.889. The summed E-state index contributed by atoms with van der Waals surface area (Å²) in [7, 11) is 0. The minimum absolute atomic E-state index is 0.112. The Morgan fingerprint density at radius 1 is 1.45 bits per heavy atom. The Bertz CT molecular complexity index is 110. The number of carbonyl (C=O) groups is 1. The second-order valence-corrected chi connectivity index (χ2v) is 2.83. The highest BCUT2D eigenvalue weighted by molar-refractivity contribution is 5.79. The van der Waals surface area contributed by atoms with Gasteiger partial charge in [0.1, 0.15) is 6.10 Å². The van der Waals surface area contributed by atoms with Crippen LogP contribution in [0.2, 0.25) is 0 Å². The van der Waals surface area contributed by atoms with Crippen LogP contribution in [0.4, 0.5) is 0 Å². The average Bonchev–Trinajstić information content (AvgIpc) is 1.97. The van der Waals surface area contributed by atoms with Crippen molar-refractivity contribution in [3.05, 3.63) is 0 Å². The molecular weight excluding hydrogens is 140 g/mol. The summed E-state index contributed by atoms with van der Waals surface area (Å²) in [4.78, 5) is 10.7. The standard InChI is InChI=1S/C9H18O2/c1-4-5-6-7-11-9(3)8(2)10/h9H,4-7H2,1-3H3. The van der Waals surface area contributed by atoms with E-state index in [1.54, 1.807) is 13.8 Å². The van der Waals surface area contributed by atoms with E-state index in [1.165, 1.54) is 12.8 Å². The lowest BCUT2D eigenvalue weighted by Crippen LogP contribution is -2.17. The number of rotatable bonds is 6. The molecule has 0 aliphatic rings. The van der Waals surface area contributed by atoms with Crippen LogP contribution in [0.3, 0.4) is 0 Å². The molecule has 2 heteroatoms. The molecule has 0 aromatic heterocycles. The first kappa shape index (κ1) is 10.6. The minimum atomic E-state index is -0.216. The van der Waals surface area contributed by atoms with Crippen LogP contribution < -0.4 is 0 Å². The molecule has 0 aromatic rings. The molecule has 0 amide bonds. The summed E-state index contributed by atoms with van der Waals surface area (Å²) in [5.41, 5.74) is 0. The first-order valence-electron chi connectivity index (χ1n) is 4.30. The Morgan fingerprint density at radius 2 is 2.09 bits per heavy atom. The van der Waals surface area contributed by atoms with Gasteiger partial charge in [-0.15, -0.1) is 0 Å². The van der Waals surface area contributed by atoms with Crippen molar-refractivity contribution < 1.29 is 9.53 Å². The Morgan fingerprint density at radius 3 is 2.55 bits per heavy atom. The van der Waals surface area contributed by atoms with Crippen molar-refractivity contribution in [2.24, 2.45) is 0 Å². The molecule has 0 saturated heterocycles. The normalized spacial score (nSPS) is 13.0. The van der Waals surface area contributed by atoms with E-state index < -0.39 is 0 Å². The maximum Gasteiger partial charge on any atom is 0.158 e. The van der Waals surface area contributed by atoms with Crippen molar-refractivity contribution in [2.75, 3.05) is 6.61 Å². The van der Waals surface area contributed by atoms with Gasteiger partial charge in [-0.1, -0.05) is 19.8 Å². The third-order valence-corrected chi connectivity index (χ3v) is 1.69. The molecular formula is C9H18O2. The van der Waals surface area contributed by atoms with Gasteiger partial charge in [-0.25, -0.2) is 0 Å². The first-order valence-corrected chi connectivity index (χ1v) is 4.30. The fourth-order valence-corrected chi connectivity index (χ4v) is 0.730. The van der Waals surface area contributed by atoms with E-state index in [1.807, 2.05) is 0 Å². The predicted molar refractivity (Wildman–Crippen MR) is 45.6 cm³/mol. The monoisotopic (exact) mass is 158 g/mol. The van der Waals surface area contributed by atoms with Gasteiger partial charge in [-0.3, -0.25) is 4.79 Å². The lowest BCUT2D eigenvalue weighted by molar-refractivity contribution is -0.127. The Hall–Kier alpha value is -0.370. The Balaban J connectivity index is 3.17. The van der Waals surface area contributed by atoms with Crippen molar-refractivity contribution in [1.82, 2.24) is 0 Å². The zero-order valence-corrected chi connectivity index (χ0v) is 7.72. The molecule has 0 bridgehead atoms. The van der Waals surface area contributed by atoms with Gasteiger partial charge in [0.15, 0.2) is 5.78 Å². The number of unbranched alkanes of at least 4 members (excludes halogenated alkanes) is 2. The van der Waals surface area contributed by atoms with Gasteiger partial charge in [0.05, 0.1) is 0 Å². The van der Waals surface area contributed by atoms with Crippen molar-refractivity contribution >= 4 is 5.78 Å². The molecule has 0 saturated carbocycles. The van der Waals surface area contributed by atoms with E-state index in [0.717, 1.165) is 6.42 Å². The van der Waals surface area contributed by atoms with Gasteiger partial charge < -0.3 is 4.74 Å². The number of carbonyl (C=O) groups excluding carboxylic acids is 1. The maximum absolute atomic E-state index is 10.7. The molecule has 0 aromatic carbocycles. The summed E-state index contributed by atoms with van der Waals surface area (Å²) in [6.07, 6.45) is 3.23. The number of hydrogen-bond donors (Lipinski definition) is 0. The Kier molecular flexibility index (Phi) is 6.13. The van der Waals surface area contributed by atoms with E-state index in [2.05, 4.69) is 6.92 Å². The van der Waals surface area contributed by atoms with Crippen LogP contribution in [0.25, 0.3) is 0 Å². The van der Waals surface area contributed by atoms with Crippen LogP contribution in [-0.2, 0) is 9.53 Å². The summed E-state index contributed by atoms with van der Waals surface area (Å²) < 4.78 is 5.26. The van der Waals surface area contributed by atoms with Crippen LogP contribution in [0.15, 0.2) is 0 Å². The van der Waals surface area contributed by atoms with Gasteiger partial charge >= 0.3 is 0 Å². The summed E-state index contributed by atoms with van der Waals surface area (Å²) >= 11 is 0. The van der Waals surface area contributed by atoms with Crippen molar-refractivity contribution in [1.29, 1.82) is 0 Å². The molecule has 0 aliphatic heterocycles. The Labute approximate surface area is 68.9 Å². The highest BCUT2D eigenvalue weighted by Gasteiger charge is 2.05. The lowest BCUT2D eigenvalue weighted by Gasteiger charge is -2.08. The van der Waals surface area contributed by atoms with Crippen LogP contribution in [0.5, 0.6) is 0 Å².